The van der Waals surface area contributed by atoms with Crippen LogP contribution in [0.2, 0.25) is 0 Å². The summed E-state index contributed by atoms with van der Waals surface area (Å²) in [7, 11) is 1.67. The summed E-state index contributed by atoms with van der Waals surface area (Å²) < 4.78 is 10.9. The number of hydrogen-bond acceptors (Lipinski definition) is 6. The molecule has 2 aromatic heterocycles. The predicted octanol–water partition coefficient (Wildman–Crippen LogP) is 4.67. The lowest BCUT2D eigenvalue weighted by Crippen LogP contribution is -2.55. The van der Waals surface area contributed by atoms with E-state index in [1.165, 1.54) is 12.8 Å². The van der Waals surface area contributed by atoms with E-state index >= 15 is 0 Å². The highest BCUT2D eigenvalue weighted by Crippen LogP contribution is 2.43. The Balaban J connectivity index is 1.62. The van der Waals surface area contributed by atoms with Gasteiger partial charge in [-0.2, -0.15) is 0 Å². The summed E-state index contributed by atoms with van der Waals surface area (Å²) in [6.45, 7) is 8.29. The Morgan fingerprint density at radius 2 is 2.13 bits per heavy atom. The number of ether oxygens (including phenoxy) is 1. The molecule has 164 valence electrons. The molecule has 2 unspecified atom stereocenters. The third kappa shape index (κ3) is 3.42. The van der Waals surface area contributed by atoms with Crippen molar-refractivity contribution in [2.75, 3.05) is 20.2 Å². The number of rotatable bonds is 5. The molecule has 6 nitrogen and oxygen atoms in total. The molecule has 0 amide bonds. The number of nitrogens with zero attached hydrogens (tertiary/aromatic N) is 3. The van der Waals surface area contributed by atoms with Crippen molar-refractivity contribution in [1.82, 2.24) is 15.0 Å². The second-order valence-corrected chi connectivity index (χ2v) is 9.14. The van der Waals surface area contributed by atoms with Crippen molar-refractivity contribution in [3.8, 4) is 17.0 Å². The zero-order chi connectivity index (χ0) is 21.7. The van der Waals surface area contributed by atoms with Gasteiger partial charge >= 0.3 is 0 Å². The smallest absolute Gasteiger partial charge is 0.143 e. The maximum atomic E-state index is 11.7. The standard InChI is InChI=1S/C25H31N3O3/c1-5-16-13-28-9-8-17(16)10-23(28)25(29)20-12-22(24-14(2)27-31-15(24)3)26-21-7-6-18(30-4)11-19(20)21/h6-7,11-12,16-17,23,25,29H,5,8-10,13H2,1-4H3/t16-,17+,23?,25+/m0/s1. The van der Waals surface area contributed by atoms with Crippen molar-refractivity contribution in [1.29, 1.82) is 0 Å². The summed E-state index contributed by atoms with van der Waals surface area (Å²) in [5, 5.41) is 16.7. The largest absolute Gasteiger partial charge is 0.497 e. The Labute approximate surface area is 183 Å². The molecule has 0 spiro atoms. The van der Waals surface area contributed by atoms with Crippen molar-refractivity contribution >= 4 is 10.9 Å². The zero-order valence-electron chi connectivity index (χ0n) is 18.8. The highest BCUT2D eigenvalue weighted by atomic mass is 16.5. The first-order valence-corrected chi connectivity index (χ1v) is 11.3. The Kier molecular flexibility index (Phi) is 5.22. The molecule has 31 heavy (non-hydrogen) atoms. The van der Waals surface area contributed by atoms with Crippen molar-refractivity contribution in [2.45, 2.75) is 52.2 Å². The van der Waals surface area contributed by atoms with Gasteiger partial charge in [0.2, 0.25) is 0 Å². The molecule has 6 heteroatoms. The van der Waals surface area contributed by atoms with Crippen LogP contribution in [-0.2, 0) is 0 Å². The van der Waals surface area contributed by atoms with Crippen LogP contribution >= 0.6 is 0 Å². The van der Waals surface area contributed by atoms with Crippen molar-refractivity contribution < 1.29 is 14.4 Å². The summed E-state index contributed by atoms with van der Waals surface area (Å²) in [5.74, 6) is 2.97. The van der Waals surface area contributed by atoms with Crippen LogP contribution in [0.4, 0.5) is 0 Å². The van der Waals surface area contributed by atoms with Gasteiger partial charge in [-0.15, -0.1) is 0 Å². The third-order valence-electron chi connectivity index (χ3n) is 7.48. The maximum Gasteiger partial charge on any atom is 0.143 e. The molecule has 3 fully saturated rings. The van der Waals surface area contributed by atoms with Gasteiger partial charge in [0.05, 0.1) is 35.7 Å². The Morgan fingerprint density at radius 3 is 2.77 bits per heavy atom. The first kappa shape index (κ1) is 20.5. The van der Waals surface area contributed by atoms with Gasteiger partial charge in [0.25, 0.3) is 0 Å². The SMILES string of the molecule is CC[C@H]1CN2CC[C@@H]1CC2[C@H](O)c1cc(-c2c(C)noc2C)nc2ccc(OC)cc12. The van der Waals surface area contributed by atoms with Gasteiger partial charge in [-0.3, -0.25) is 4.90 Å². The van der Waals surface area contributed by atoms with Crippen LogP contribution in [0.3, 0.4) is 0 Å². The minimum atomic E-state index is -0.586. The first-order chi connectivity index (χ1) is 15.0. The van der Waals surface area contributed by atoms with Crippen LogP contribution in [0.15, 0.2) is 28.8 Å². The van der Waals surface area contributed by atoms with Crippen molar-refractivity contribution in [3.05, 3.63) is 41.3 Å². The molecule has 6 rings (SSSR count). The number of aliphatic hydroxyl groups excluding tert-OH is 1. The molecule has 2 bridgehead atoms. The number of aliphatic hydroxyl groups is 1. The minimum absolute atomic E-state index is 0.135. The minimum Gasteiger partial charge on any atom is -0.497 e. The molecule has 0 saturated carbocycles. The molecule has 0 radical (unpaired) electrons. The average Bonchev–Trinajstić information content (AvgIpc) is 3.15. The lowest BCUT2D eigenvalue weighted by Gasteiger charge is -2.51. The molecule has 1 aromatic carbocycles. The van der Waals surface area contributed by atoms with E-state index in [-0.39, 0.29) is 6.04 Å². The Bertz CT molecular complexity index is 1090. The molecular weight excluding hydrogens is 390 g/mol. The predicted molar refractivity (Wildman–Crippen MR) is 120 cm³/mol. The normalized spacial score (nSPS) is 26.4. The lowest BCUT2D eigenvalue weighted by molar-refractivity contribution is -0.0562. The van der Waals surface area contributed by atoms with E-state index in [4.69, 9.17) is 14.2 Å². The fourth-order valence-electron chi connectivity index (χ4n) is 5.76. The number of methoxy groups -OCH3 is 1. The second-order valence-electron chi connectivity index (χ2n) is 9.14. The fraction of sp³-hybridized carbons (Fsp3) is 0.520. The summed E-state index contributed by atoms with van der Waals surface area (Å²) in [4.78, 5) is 7.40. The van der Waals surface area contributed by atoms with E-state index in [1.54, 1.807) is 7.11 Å². The average molecular weight is 422 g/mol. The second kappa shape index (κ2) is 7.92. The molecule has 3 saturated heterocycles. The zero-order valence-corrected chi connectivity index (χ0v) is 18.8. The fourth-order valence-corrected chi connectivity index (χ4v) is 5.76. The van der Waals surface area contributed by atoms with Gasteiger partial charge in [-0.05, 0) is 74.9 Å². The van der Waals surface area contributed by atoms with Crippen molar-refractivity contribution in [3.63, 3.8) is 0 Å². The summed E-state index contributed by atoms with van der Waals surface area (Å²) >= 11 is 0. The van der Waals surface area contributed by atoms with E-state index in [0.29, 0.717) is 5.92 Å². The van der Waals surface area contributed by atoms with Crippen LogP contribution in [0.5, 0.6) is 5.75 Å². The van der Waals surface area contributed by atoms with Crippen LogP contribution < -0.4 is 4.74 Å². The maximum absolute atomic E-state index is 11.7. The highest BCUT2D eigenvalue weighted by Gasteiger charge is 2.42. The first-order valence-electron chi connectivity index (χ1n) is 11.3. The van der Waals surface area contributed by atoms with Crippen LogP contribution in [0.1, 0.15) is 49.3 Å². The van der Waals surface area contributed by atoms with Crippen LogP contribution in [-0.4, -0.2) is 46.4 Å². The number of pyridine rings is 1. The number of piperidine rings is 3. The summed E-state index contributed by atoms with van der Waals surface area (Å²) in [6.07, 6.45) is 2.93. The van der Waals surface area contributed by atoms with Gasteiger partial charge in [-0.25, -0.2) is 4.98 Å². The molecule has 3 aromatic rings. The van der Waals surface area contributed by atoms with Crippen molar-refractivity contribution in [2.24, 2.45) is 11.8 Å². The summed E-state index contributed by atoms with van der Waals surface area (Å²) in [6, 6.07) is 8.03. The molecule has 1 N–H and O–H groups in total. The number of aromatic nitrogens is 2. The third-order valence-corrected chi connectivity index (χ3v) is 7.48. The Hall–Kier alpha value is -2.44. The monoisotopic (exact) mass is 421 g/mol. The van der Waals surface area contributed by atoms with E-state index in [0.717, 1.165) is 70.4 Å². The number of fused-ring (bicyclic) bond motifs is 4. The quantitative estimate of drug-likeness (QED) is 0.646. The van der Waals surface area contributed by atoms with E-state index in [9.17, 15) is 5.11 Å². The van der Waals surface area contributed by atoms with Gasteiger partial charge in [-0.1, -0.05) is 18.5 Å². The number of hydrogen-bond donors (Lipinski definition) is 1. The van der Waals surface area contributed by atoms with Gasteiger partial charge in [0, 0.05) is 18.0 Å². The molecule has 3 aliphatic rings. The van der Waals surface area contributed by atoms with Gasteiger partial charge < -0.3 is 14.4 Å². The highest BCUT2D eigenvalue weighted by molar-refractivity contribution is 5.87. The number of aryl methyl sites for hydroxylation is 2. The molecule has 5 heterocycles. The van der Waals surface area contributed by atoms with E-state index in [1.807, 2.05) is 38.1 Å². The molecular formula is C25H31N3O3. The molecule has 3 aliphatic heterocycles. The van der Waals surface area contributed by atoms with E-state index < -0.39 is 6.10 Å². The molecule has 0 aliphatic carbocycles. The molecule has 5 atom stereocenters. The van der Waals surface area contributed by atoms with Gasteiger partial charge in [0.15, 0.2) is 0 Å². The topological polar surface area (TPSA) is 71.6 Å². The Morgan fingerprint density at radius 1 is 1.29 bits per heavy atom. The lowest BCUT2D eigenvalue weighted by atomic mass is 9.72. The van der Waals surface area contributed by atoms with Crippen LogP contribution in [0, 0.1) is 25.7 Å². The van der Waals surface area contributed by atoms with Gasteiger partial charge in [0.1, 0.15) is 11.5 Å². The van der Waals surface area contributed by atoms with E-state index in [2.05, 4.69) is 17.0 Å². The number of benzene rings is 1. The van der Waals surface area contributed by atoms with Crippen LogP contribution in [0.25, 0.3) is 22.2 Å². The summed E-state index contributed by atoms with van der Waals surface area (Å²) in [5.41, 5.74) is 4.26.